The summed E-state index contributed by atoms with van der Waals surface area (Å²) in [6, 6.07) is 0. The Morgan fingerprint density at radius 2 is 2.27 bits per heavy atom. The zero-order valence-electron chi connectivity index (χ0n) is 6.39. The molecular formula is C7H11Cl2NO. The lowest BCUT2D eigenvalue weighted by Crippen LogP contribution is -2.34. The second-order valence-electron chi connectivity index (χ2n) is 1.97. The van der Waals surface area contributed by atoms with E-state index in [2.05, 4.69) is 6.58 Å². The second-order valence-corrected chi connectivity index (χ2v) is 3.06. The molecule has 0 aromatic heterocycles. The van der Waals surface area contributed by atoms with Crippen LogP contribution in [-0.4, -0.2) is 28.7 Å². The monoisotopic (exact) mass is 195 g/mol. The zero-order valence-corrected chi connectivity index (χ0v) is 7.90. The molecule has 1 amide bonds. The molecule has 64 valence electrons. The van der Waals surface area contributed by atoms with Gasteiger partial charge in [-0.1, -0.05) is 29.3 Å². The largest absolute Gasteiger partial charge is 0.337 e. The van der Waals surface area contributed by atoms with Crippen molar-refractivity contribution in [2.75, 3.05) is 13.1 Å². The molecule has 4 heteroatoms. The molecule has 0 aliphatic heterocycles. The highest BCUT2D eigenvalue weighted by atomic mass is 35.5. The van der Waals surface area contributed by atoms with Gasteiger partial charge in [0.1, 0.15) is 0 Å². The van der Waals surface area contributed by atoms with Gasteiger partial charge in [0.15, 0.2) is 4.84 Å². The number of carbonyl (C=O) groups is 1. The molecule has 0 saturated carbocycles. The maximum absolute atomic E-state index is 11.1. The first kappa shape index (κ1) is 10.8. The van der Waals surface area contributed by atoms with Gasteiger partial charge in [0, 0.05) is 13.1 Å². The van der Waals surface area contributed by atoms with Crippen LogP contribution in [0.25, 0.3) is 0 Å². The number of hydrogen-bond acceptors (Lipinski definition) is 1. The van der Waals surface area contributed by atoms with Crippen LogP contribution in [0, 0.1) is 0 Å². The van der Waals surface area contributed by atoms with Gasteiger partial charge < -0.3 is 4.90 Å². The van der Waals surface area contributed by atoms with Crippen LogP contribution >= 0.6 is 23.2 Å². The minimum atomic E-state index is -0.963. The Balaban J connectivity index is 4.02. The minimum absolute atomic E-state index is 0.268. The predicted octanol–water partition coefficient (Wildman–Crippen LogP) is 1.82. The van der Waals surface area contributed by atoms with E-state index < -0.39 is 4.84 Å². The number of halogens is 2. The molecule has 0 aromatic carbocycles. The van der Waals surface area contributed by atoms with Gasteiger partial charge >= 0.3 is 0 Å². The summed E-state index contributed by atoms with van der Waals surface area (Å²) >= 11 is 10.8. The highest BCUT2D eigenvalue weighted by Gasteiger charge is 2.16. The van der Waals surface area contributed by atoms with Gasteiger partial charge in [0.25, 0.3) is 5.91 Å². The van der Waals surface area contributed by atoms with E-state index in [1.807, 2.05) is 6.92 Å². The van der Waals surface area contributed by atoms with E-state index in [9.17, 15) is 4.79 Å². The van der Waals surface area contributed by atoms with Crippen molar-refractivity contribution in [2.45, 2.75) is 11.8 Å². The number of hydrogen-bond donors (Lipinski definition) is 0. The molecule has 0 radical (unpaired) electrons. The average molecular weight is 196 g/mol. The normalized spacial score (nSPS) is 9.82. The third kappa shape index (κ3) is 3.63. The summed E-state index contributed by atoms with van der Waals surface area (Å²) in [5, 5.41) is 0. The molecule has 0 aliphatic rings. The number of nitrogens with zero attached hydrogens (tertiary/aromatic N) is 1. The molecule has 0 bridgehead atoms. The summed E-state index contributed by atoms with van der Waals surface area (Å²) in [5.74, 6) is -0.268. The fraction of sp³-hybridized carbons (Fsp3) is 0.571. The molecule has 0 fully saturated rings. The number of amides is 1. The van der Waals surface area contributed by atoms with Gasteiger partial charge in [-0.25, -0.2) is 0 Å². The van der Waals surface area contributed by atoms with E-state index in [-0.39, 0.29) is 5.91 Å². The Hall–Kier alpha value is -0.210. The van der Waals surface area contributed by atoms with Crippen LogP contribution in [0.15, 0.2) is 12.7 Å². The van der Waals surface area contributed by atoms with E-state index in [1.54, 1.807) is 6.08 Å². The fourth-order valence-corrected chi connectivity index (χ4v) is 0.945. The topological polar surface area (TPSA) is 20.3 Å². The first-order valence-electron chi connectivity index (χ1n) is 3.31. The Morgan fingerprint density at radius 3 is 2.55 bits per heavy atom. The van der Waals surface area contributed by atoms with Crippen molar-refractivity contribution >= 4 is 29.1 Å². The van der Waals surface area contributed by atoms with Crippen LogP contribution in [0.2, 0.25) is 0 Å². The van der Waals surface area contributed by atoms with Crippen LogP contribution in [0.4, 0.5) is 0 Å². The van der Waals surface area contributed by atoms with Crippen molar-refractivity contribution < 1.29 is 4.79 Å². The summed E-state index contributed by atoms with van der Waals surface area (Å²) < 4.78 is 0. The standard InChI is InChI=1S/C7H11Cl2NO/c1-3-5-10(4-2)7(11)6(8)9/h3,6H,1,4-5H2,2H3. The van der Waals surface area contributed by atoms with Crippen LogP contribution < -0.4 is 0 Å². The fourth-order valence-electron chi connectivity index (χ4n) is 0.669. The molecule has 2 nitrogen and oxygen atoms in total. The van der Waals surface area contributed by atoms with E-state index in [1.165, 1.54) is 4.90 Å². The SMILES string of the molecule is C=CCN(CC)C(=O)C(Cl)Cl. The Bertz CT molecular complexity index is 147. The van der Waals surface area contributed by atoms with Gasteiger partial charge in [0.05, 0.1) is 0 Å². The molecule has 0 spiro atoms. The van der Waals surface area contributed by atoms with Gasteiger partial charge in [-0.3, -0.25) is 4.79 Å². The smallest absolute Gasteiger partial charge is 0.256 e. The van der Waals surface area contributed by atoms with Gasteiger partial charge in [-0.15, -0.1) is 6.58 Å². The number of alkyl halides is 2. The van der Waals surface area contributed by atoms with E-state index in [4.69, 9.17) is 23.2 Å². The average Bonchev–Trinajstić information content (AvgIpc) is 1.98. The number of rotatable bonds is 4. The number of likely N-dealkylation sites (N-methyl/N-ethyl adjacent to an activating group) is 1. The van der Waals surface area contributed by atoms with E-state index in [0.29, 0.717) is 13.1 Å². The van der Waals surface area contributed by atoms with Crippen molar-refractivity contribution in [2.24, 2.45) is 0 Å². The van der Waals surface area contributed by atoms with Crippen LogP contribution in [0.5, 0.6) is 0 Å². The lowest BCUT2D eigenvalue weighted by atomic mass is 10.4. The maximum Gasteiger partial charge on any atom is 0.256 e. The van der Waals surface area contributed by atoms with Crippen molar-refractivity contribution in [3.8, 4) is 0 Å². The first-order chi connectivity index (χ1) is 5.13. The molecule has 0 rings (SSSR count). The van der Waals surface area contributed by atoms with Crippen molar-refractivity contribution in [3.63, 3.8) is 0 Å². The van der Waals surface area contributed by atoms with E-state index in [0.717, 1.165) is 0 Å². The molecule has 0 heterocycles. The number of carbonyl (C=O) groups excluding carboxylic acids is 1. The predicted molar refractivity (Wildman–Crippen MR) is 47.9 cm³/mol. The summed E-state index contributed by atoms with van der Waals surface area (Å²) in [7, 11) is 0. The molecule has 0 aliphatic carbocycles. The molecule has 0 saturated heterocycles. The van der Waals surface area contributed by atoms with Crippen LogP contribution in [-0.2, 0) is 4.79 Å². The highest BCUT2D eigenvalue weighted by molar-refractivity contribution is 6.53. The molecule has 0 unspecified atom stereocenters. The van der Waals surface area contributed by atoms with Gasteiger partial charge in [0.2, 0.25) is 0 Å². The molecule has 11 heavy (non-hydrogen) atoms. The zero-order chi connectivity index (χ0) is 8.85. The van der Waals surface area contributed by atoms with Gasteiger partial charge in [-0.2, -0.15) is 0 Å². The molecule has 0 atom stereocenters. The highest BCUT2D eigenvalue weighted by Crippen LogP contribution is 2.06. The Morgan fingerprint density at radius 1 is 1.73 bits per heavy atom. The quantitative estimate of drug-likeness (QED) is 0.496. The van der Waals surface area contributed by atoms with E-state index >= 15 is 0 Å². The first-order valence-corrected chi connectivity index (χ1v) is 4.18. The third-order valence-electron chi connectivity index (χ3n) is 1.23. The molecular weight excluding hydrogens is 185 g/mol. The third-order valence-corrected chi connectivity index (χ3v) is 1.60. The Labute approximate surface area is 76.8 Å². The molecule has 0 N–H and O–H groups in total. The summed E-state index contributed by atoms with van der Waals surface area (Å²) in [4.78, 5) is 11.6. The maximum atomic E-state index is 11.1. The minimum Gasteiger partial charge on any atom is -0.337 e. The van der Waals surface area contributed by atoms with Crippen molar-refractivity contribution in [1.29, 1.82) is 0 Å². The summed E-state index contributed by atoms with van der Waals surface area (Å²) in [6.07, 6.45) is 1.64. The molecule has 0 aromatic rings. The van der Waals surface area contributed by atoms with Crippen molar-refractivity contribution in [3.05, 3.63) is 12.7 Å². The summed E-state index contributed by atoms with van der Waals surface area (Å²) in [5.41, 5.74) is 0. The summed E-state index contributed by atoms with van der Waals surface area (Å²) in [6.45, 7) is 6.46. The van der Waals surface area contributed by atoms with Crippen molar-refractivity contribution in [1.82, 2.24) is 4.90 Å². The van der Waals surface area contributed by atoms with Crippen LogP contribution in [0.1, 0.15) is 6.92 Å². The second kappa shape index (κ2) is 5.44. The van der Waals surface area contributed by atoms with Crippen LogP contribution in [0.3, 0.4) is 0 Å². The van der Waals surface area contributed by atoms with Gasteiger partial charge in [-0.05, 0) is 6.92 Å². The Kier molecular flexibility index (Phi) is 5.34. The lowest BCUT2D eigenvalue weighted by Gasteiger charge is -2.18. The lowest BCUT2D eigenvalue weighted by molar-refractivity contribution is -0.128.